The minimum Gasteiger partial charge on any atom is -0.351 e. The van der Waals surface area contributed by atoms with E-state index in [0.717, 1.165) is 17.8 Å². The second kappa shape index (κ2) is 8.47. The van der Waals surface area contributed by atoms with Crippen LogP contribution in [0.2, 0.25) is 0 Å². The Labute approximate surface area is 181 Å². The van der Waals surface area contributed by atoms with Crippen molar-refractivity contribution in [2.45, 2.75) is 25.7 Å². The van der Waals surface area contributed by atoms with E-state index in [2.05, 4.69) is 25.1 Å². The maximum Gasteiger partial charge on any atom is 0.417 e. The molecule has 0 spiro atoms. The molecule has 4 rings (SSSR count). The van der Waals surface area contributed by atoms with Gasteiger partial charge in [-0.1, -0.05) is 0 Å². The summed E-state index contributed by atoms with van der Waals surface area (Å²) in [5.74, 6) is 0.518. The first kappa shape index (κ1) is 21.6. The van der Waals surface area contributed by atoms with Crippen LogP contribution in [0.4, 0.5) is 19.0 Å². The van der Waals surface area contributed by atoms with Crippen molar-refractivity contribution in [3.63, 3.8) is 0 Å². The van der Waals surface area contributed by atoms with Gasteiger partial charge in [-0.05, 0) is 31.2 Å². The van der Waals surface area contributed by atoms with Crippen LogP contribution in [0.5, 0.6) is 0 Å². The minimum atomic E-state index is -4.41. The summed E-state index contributed by atoms with van der Waals surface area (Å²) < 4.78 is 38.4. The Kier molecular flexibility index (Phi) is 5.71. The monoisotopic (exact) mass is 443 g/mol. The van der Waals surface area contributed by atoms with Crippen molar-refractivity contribution in [2.24, 2.45) is 0 Å². The van der Waals surface area contributed by atoms with Crippen molar-refractivity contribution in [3.8, 4) is 17.5 Å². The number of nitrogens with one attached hydrogen (secondary N) is 2. The molecule has 8 nitrogen and oxygen atoms in total. The quantitative estimate of drug-likeness (QED) is 0.643. The lowest BCUT2D eigenvalue weighted by Crippen LogP contribution is -2.51. The maximum atomic E-state index is 12.8. The number of rotatable bonds is 4. The maximum absolute atomic E-state index is 12.8. The zero-order valence-corrected chi connectivity index (χ0v) is 17.1. The fourth-order valence-corrected chi connectivity index (χ4v) is 3.85. The summed E-state index contributed by atoms with van der Waals surface area (Å²) in [7, 11) is 0. The average molecular weight is 443 g/mol. The van der Waals surface area contributed by atoms with Crippen LogP contribution in [0.15, 0.2) is 41.5 Å². The van der Waals surface area contributed by atoms with Gasteiger partial charge in [0.2, 0.25) is 0 Å². The van der Waals surface area contributed by atoms with Gasteiger partial charge in [0.15, 0.2) is 0 Å². The first-order valence-corrected chi connectivity index (χ1v) is 9.95. The number of aromatic nitrogens is 4. The molecule has 1 aliphatic rings. The Morgan fingerprint density at radius 1 is 1.25 bits per heavy atom. The zero-order chi connectivity index (χ0) is 22.9. The highest BCUT2D eigenvalue weighted by Gasteiger charge is 2.32. The number of aromatic amines is 2. The Bertz CT molecular complexity index is 1190. The molecule has 1 aliphatic heterocycles. The van der Waals surface area contributed by atoms with Crippen molar-refractivity contribution in [3.05, 3.63) is 63.7 Å². The predicted octanol–water partition coefficient (Wildman–Crippen LogP) is 2.76. The lowest BCUT2D eigenvalue weighted by atomic mass is 10.1. The van der Waals surface area contributed by atoms with Crippen LogP contribution in [0.25, 0.3) is 11.4 Å². The van der Waals surface area contributed by atoms with Gasteiger partial charge in [0, 0.05) is 50.2 Å². The van der Waals surface area contributed by atoms with Crippen LogP contribution in [0, 0.1) is 11.3 Å². The predicted molar refractivity (Wildman–Crippen MR) is 111 cm³/mol. The molecule has 3 aromatic heterocycles. The first-order chi connectivity index (χ1) is 15.3. The van der Waals surface area contributed by atoms with Gasteiger partial charge in [-0.25, -0.2) is 4.98 Å². The van der Waals surface area contributed by atoms with Gasteiger partial charge in [-0.2, -0.15) is 23.5 Å². The molecule has 0 aliphatic carbocycles. The summed E-state index contributed by atoms with van der Waals surface area (Å²) in [6.45, 7) is 4.55. The first-order valence-electron chi connectivity index (χ1n) is 9.95. The van der Waals surface area contributed by atoms with Crippen LogP contribution in [0.1, 0.15) is 23.6 Å². The standard InChI is InChI=1S/C21H20F3N7O/c1-13-11-30(6-7-31(13)18-5-3-16(10-26-18)21(22,23)24)12-15-9-27-29-19(15)17-4-2-14(8-25)20(32)28-17/h2-5,9-10,13H,6-7,11-12H2,1H3,(H,27,29)(H,28,32)/t13-/m1/s1. The fraction of sp³-hybridized carbons (Fsp3) is 0.333. The van der Waals surface area contributed by atoms with Gasteiger partial charge in [0.1, 0.15) is 23.1 Å². The van der Waals surface area contributed by atoms with Gasteiger partial charge in [0.05, 0.1) is 11.3 Å². The number of nitriles is 1. The van der Waals surface area contributed by atoms with E-state index in [1.54, 1.807) is 12.3 Å². The molecule has 166 valence electrons. The van der Waals surface area contributed by atoms with Gasteiger partial charge in [0.25, 0.3) is 5.56 Å². The van der Waals surface area contributed by atoms with Gasteiger partial charge >= 0.3 is 6.18 Å². The van der Waals surface area contributed by atoms with Crippen LogP contribution >= 0.6 is 0 Å². The van der Waals surface area contributed by atoms with E-state index in [4.69, 9.17) is 5.26 Å². The molecule has 0 unspecified atom stereocenters. The normalized spacial score (nSPS) is 17.3. The Morgan fingerprint density at radius 2 is 2.06 bits per heavy atom. The summed E-state index contributed by atoms with van der Waals surface area (Å²) >= 11 is 0. The van der Waals surface area contributed by atoms with Crippen molar-refractivity contribution in [2.75, 3.05) is 24.5 Å². The van der Waals surface area contributed by atoms with Crippen LogP contribution in [-0.2, 0) is 12.7 Å². The molecule has 0 bridgehead atoms. The number of H-pyrrole nitrogens is 2. The number of hydrogen-bond acceptors (Lipinski definition) is 6. The molecule has 1 saturated heterocycles. The Hall–Kier alpha value is -3.65. The topological polar surface area (TPSA) is 105 Å². The van der Waals surface area contributed by atoms with Crippen molar-refractivity contribution in [1.82, 2.24) is 25.1 Å². The summed E-state index contributed by atoms with van der Waals surface area (Å²) in [6, 6.07) is 7.45. The number of anilines is 1. The van der Waals surface area contributed by atoms with Crippen LogP contribution in [0.3, 0.4) is 0 Å². The summed E-state index contributed by atoms with van der Waals surface area (Å²) in [5.41, 5.74) is 0.814. The van der Waals surface area contributed by atoms with E-state index in [9.17, 15) is 18.0 Å². The minimum absolute atomic E-state index is 0.0349. The third kappa shape index (κ3) is 4.36. The molecule has 4 heterocycles. The molecule has 3 aromatic rings. The highest BCUT2D eigenvalue weighted by Crippen LogP contribution is 2.30. The lowest BCUT2D eigenvalue weighted by molar-refractivity contribution is -0.137. The SMILES string of the molecule is C[C@@H]1CN(Cc2c[nH]nc2-c2ccc(C#N)c(=O)[nH]2)CCN1c1ccc(C(F)(F)F)cn1. The van der Waals surface area contributed by atoms with Crippen LogP contribution < -0.4 is 10.5 Å². The summed E-state index contributed by atoms with van der Waals surface area (Å²) in [4.78, 5) is 22.9. The summed E-state index contributed by atoms with van der Waals surface area (Å²) in [5, 5.41) is 16.0. The number of piperazine rings is 1. The molecule has 2 N–H and O–H groups in total. The second-order valence-corrected chi connectivity index (χ2v) is 7.67. The number of halogens is 3. The highest BCUT2D eigenvalue weighted by atomic mass is 19.4. The van der Waals surface area contributed by atoms with Crippen LogP contribution in [-0.4, -0.2) is 50.7 Å². The molecule has 32 heavy (non-hydrogen) atoms. The molecule has 11 heteroatoms. The molecular formula is C21H20F3N7O. The van der Waals surface area contributed by atoms with Gasteiger partial charge in [-0.15, -0.1) is 0 Å². The van der Waals surface area contributed by atoms with E-state index in [-0.39, 0.29) is 11.6 Å². The molecule has 0 radical (unpaired) electrons. The van der Waals surface area contributed by atoms with E-state index in [0.29, 0.717) is 43.4 Å². The Balaban J connectivity index is 1.44. The lowest BCUT2D eigenvalue weighted by Gasteiger charge is -2.40. The average Bonchev–Trinajstić information content (AvgIpc) is 3.21. The zero-order valence-electron chi connectivity index (χ0n) is 17.1. The number of pyridine rings is 2. The van der Waals surface area contributed by atoms with Crippen molar-refractivity contribution < 1.29 is 13.2 Å². The fourth-order valence-electron chi connectivity index (χ4n) is 3.85. The van der Waals surface area contributed by atoms with Crippen molar-refractivity contribution in [1.29, 1.82) is 5.26 Å². The number of alkyl halides is 3. The largest absolute Gasteiger partial charge is 0.417 e. The molecule has 1 atom stereocenters. The molecule has 0 aromatic carbocycles. The molecule has 0 amide bonds. The highest BCUT2D eigenvalue weighted by molar-refractivity contribution is 5.58. The smallest absolute Gasteiger partial charge is 0.351 e. The molecular weight excluding hydrogens is 423 g/mol. The third-order valence-electron chi connectivity index (χ3n) is 5.48. The van der Waals surface area contributed by atoms with Gasteiger partial charge in [-0.3, -0.25) is 14.8 Å². The van der Waals surface area contributed by atoms with Gasteiger partial charge < -0.3 is 9.88 Å². The van der Waals surface area contributed by atoms with E-state index in [1.807, 2.05) is 17.9 Å². The van der Waals surface area contributed by atoms with E-state index in [1.165, 1.54) is 12.1 Å². The molecule has 1 fully saturated rings. The third-order valence-corrected chi connectivity index (χ3v) is 5.48. The van der Waals surface area contributed by atoms with E-state index < -0.39 is 17.3 Å². The number of hydrogen-bond donors (Lipinski definition) is 2. The Morgan fingerprint density at radius 3 is 2.69 bits per heavy atom. The summed E-state index contributed by atoms with van der Waals surface area (Å²) in [6.07, 6.45) is -1.78. The van der Waals surface area contributed by atoms with Crippen molar-refractivity contribution >= 4 is 5.82 Å². The second-order valence-electron chi connectivity index (χ2n) is 7.67. The molecule has 0 saturated carbocycles. The van der Waals surface area contributed by atoms with E-state index >= 15 is 0 Å². The number of nitrogens with zero attached hydrogens (tertiary/aromatic N) is 5.